The van der Waals surface area contributed by atoms with Crippen LogP contribution in [0.25, 0.3) is 0 Å². The highest BCUT2D eigenvalue weighted by molar-refractivity contribution is 6.45. The minimum atomic E-state index is -1.36. The number of rotatable bonds is 4. The molecular formula is C10H8Cl2N4O2. The molecule has 1 aromatic heterocycles. The summed E-state index contributed by atoms with van der Waals surface area (Å²) in [4.78, 5) is 11.8. The molecule has 2 aromatic rings. The number of aromatic nitrogens is 4. The Balaban J connectivity index is 2.16. The molecule has 0 bridgehead atoms. The van der Waals surface area contributed by atoms with E-state index in [1.54, 1.807) is 12.1 Å². The molecule has 0 aliphatic heterocycles. The molecule has 0 aliphatic carbocycles. The third-order valence-corrected chi connectivity index (χ3v) is 2.83. The standard InChI is InChI=1S/C10H8Cl2N4O2/c11-10(12,16-14-6-13-15-16)5-7-1-3-8(4-2-7)9(17)18/h1-4,6H,5H2,(H,17,18). The average Bonchev–Trinajstić information content (AvgIpc) is 2.83. The lowest BCUT2D eigenvalue weighted by Crippen LogP contribution is -2.26. The van der Waals surface area contributed by atoms with E-state index in [0.29, 0.717) is 0 Å². The third-order valence-electron chi connectivity index (χ3n) is 2.26. The lowest BCUT2D eigenvalue weighted by Gasteiger charge is -2.17. The van der Waals surface area contributed by atoms with E-state index < -0.39 is 10.4 Å². The zero-order valence-corrected chi connectivity index (χ0v) is 10.5. The Bertz CT molecular complexity index is 540. The molecule has 1 heterocycles. The quantitative estimate of drug-likeness (QED) is 0.866. The molecule has 18 heavy (non-hydrogen) atoms. The highest BCUT2D eigenvalue weighted by Gasteiger charge is 2.29. The fourth-order valence-electron chi connectivity index (χ4n) is 1.40. The molecule has 0 saturated carbocycles. The molecule has 0 spiro atoms. The molecule has 6 nitrogen and oxygen atoms in total. The summed E-state index contributed by atoms with van der Waals surface area (Å²) >= 11 is 12.2. The van der Waals surface area contributed by atoms with Crippen LogP contribution in [0.15, 0.2) is 30.6 Å². The first-order valence-corrected chi connectivity index (χ1v) is 5.68. The van der Waals surface area contributed by atoms with Crippen molar-refractivity contribution >= 4 is 29.2 Å². The summed E-state index contributed by atoms with van der Waals surface area (Å²) in [7, 11) is 0. The summed E-state index contributed by atoms with van der Waals surface area (Å²) in [6.45, 7) is 0. The highest BCUT2D eigenvalue weighted by Crippen LogP contribution is 2.29. The van der Waals surface area contributed by atoms with Gasteiger partial charge in [0.25, 0.3) is 0 Å². The number of aromatic carboxylic acids is 1. The number of carboxylic acid groups (broad SMARTS) is 1. The molecular weight excluding hydrogens is 279 g/mol. The topological polar surface area (TPSA) is 80.9 Å². The van der Waals surface area contributed by atoms with Crippen LogP contribution in [0.3, 0.4) is 0 Å². The molecule has 1 N–H and O–H groups in total. The Kier molecular flexibility index (Phi) is 3.49. The summed E-state index contributed by atoms with van der Waals surface area (Å²) in [5.74, 6) is -0.984. The second-order valence-electron chi connectivity index (χ2n) is 3.57. The number of carboxylic acids is 1. The van der Waals surface area contributed by atoms with Gasteiger partial charge in [0.2, 0.25) is 4.46 Å². The SMILES string of the molecule is O=C(O)c1ccc(CC(Cl)(Cl)n2ncnn2)cc1. The van der Waals surface area contributed by atoms with Crippen LogP contribution >= 0.6 is 23.2 Å². The van der Waals surface area contributed by atoms with Crippen molar-refractivity contribution in [3.8, 4) is 0 Å². The predicted octanol–water partition coefficient (Wildman–Crippen LogP) is 1.70. The first kappa shape index (κ1) is 12.8. The monoisotopic (exact) mass is 286 g/mol. The van der Waals surface area contributed by atoms with Crippen LogP contribution in [0.1, 0.15) is 15.9 Å². The van der Waals surface area contributed by atoms with Gasteiger partial charge >= 0.3 is 5.97 Å². The zero-order valence-electron chi connectivity index (χ0n) is 8.99. The molecule has 0 aliphatic rings. The van der Waals surface area contributed by atoms with Crippen LogP contribution < -0.4 is 0 Å². The Morgan fingerprint density at radius 2 is 2.00 bits per heavy atom. The number of hydrogen-bond acceptors (Lipinski definition) is 4. The normalized spacial score (nSPS) is 11.4. The van der Waals surface area contributed by atoms with E-state index in [4.69, 9.17) is 28.3 Å². The number of benzene rings is 1. The number of tetrazole rings is 1. The van der Waals surface area contributed by atoms with Gasteiger partial charge < -0.3 is 5.11 Å². The van der Waals surface area contributed by atoms with Crippen LogP contribution in [-0.4, -0.2) is 31.3 Å². The number of nitrogens with zero attached hydrogens (tertiary/aromatic N) is 4. The van der Waals surface area contributed by atoms with Crippen molar-refractivity contribution in [2.75, 3.05) is 0 Å². The van der Waals surface area contributed by atoms with Crippen molar-refractivity contribution in [2.45, 2.75) is 10.9 Å². The van der Waals surface area contributed by atoms with Crippen LogP contribution in [-0.2, 0) is 10.9 Å². The van der Waals surface area contributed by atoms with E-state index in [1.807, 2.05) is 0 Å². The van der Waals surface area contributed by atoms with Crippen molar-refractivity contribution in [3.63, 3.8) is 0 Å². The maximum atomic E-state index is 10.7. The highest BCUT2D eigenvalue weighted by atomic mass is 35.5. The molecule has 1 aromatic carbocycles. The Morgan fingerprint density at radius 3 is 2.50 bits per heavy atom. The van der Waals surface area contributed by atoms with Gasteiger partial charge in [0.1, 0.15) is 0 Å². The zero-order chi connectivity index (χ0) is 13.2. The largest absolute Gasteiger partial charge is 0.478 e. The molecule has 2 rings (SSSR count). The van der Waals surface area contributed by atoms with E-state index in [2.05, 4.69) is 15.4 Å². The van der Waals surface area contributed by atoms with Gasteiger partial charge in [-0.15, -0.1) is 15.0 Å². The number of hydrogen-bond donors (Lipinski definition) is 1. The van der Waals surface area contributed by atoms with E-state index in [-0.39, 0.29) is 12.0 Å². The number of halogens is 2. The first-order valence-electron chi connectivity index (χ1n) is 4.92. The average molecular weight is 287 g/mol. The van der Waals surface area contributed by atoms with Crippen LogP contribution in [0.5, 0.6) is 0 Å². The molecule has 0 saturated heterocycles. The Hall–Kier alpha value is -1.66. The van der Waals surface area contributed by atoms with Gasteiger partial charge in [0, 0.05) is 6.42 Å². The summed E-state index contributed by atoms with van der Waals surface area (Å²) in [6, 6.07) is 6.24. The molecule has 0 amide bonds. The van der Waals surface area contributed by atoms with Gasteiger partial charge in [-0.05, 0) is 22.9 Å². The Labute approximate surface area is 112 Å². The van der Waals surface area contributed by atoms with Gasteiger partial charge in [-0.1, -0.05) is 35.3 Å². The number of alkyl halides is 2. The van der Waals surface area contributed by atoms with Gasteiger partial charge in [-0.2, -0.15) is 0 Å². The predicted molar refractivity (Wildman–Crippen MR) is 64.6 cm³/mol. The minimum Gasteiger partial charge on any atom is -0.478 e. The fourth-order valence-corrected chi connectivity index (χ4v) is 1.86. The molecule has 0 fully saturated rings. The van der Waals surface area contributed by atoms with Gasteiger partial charge in [0.05, 0.1) is 5.56 Å². The first-order chi connectivity index (χ1) is 8.49. The molecule has 8 heteroatoms. The van der Waals surface area contributed by atoms with E-state index >= 15 is 0 Å². The van der Waals surface area contributed by atoms with Gasteiger partial charge in [0.15, 0.2) is 6.33 Å². The van der Waals surface area contributed by atoms with Crippen molar-refractivity contribution < 1.29 is 9.90 Å². The van der Waals surface area contributed by atoms with Crippen LogP contribution in [0, 0.1) is 0 Å². The fraction of sp³-hybridized carbons (Fsp3) is 0.200. The molecule has 0 atom stereocenters. The molecule has 0 radical (unpaired) electrons. The summed E-state index contributed by atoms with van der Waals surface area (Å²) in [5.41, 5.74) is 0.967. The molecule has 94 valence electrons. The van der Waals surface area contributed by atoms with Crippen molar-refractivity contribution in [2.24, 2.45) is 0 Å². The minimum absolute atomic E-state index is 0.201. The second kappa shape index (κ2) is 4.91. The van der Waals surface area contributed by atoms with Crippen LogP contribution in [0.2, 0.25) is 0 Å². The second-order valence-corrected chi connectivity index (χ2v) is 5.01. The van der Waals surface area contributed by atoms with Crippen molar-refractivity contribution in [1.82, 2.24) is 20.2 Å². The number of carbonyl (C=O) groups is 1. The van der Waals surface area contributed by atoms with Gasteiger partial charge in [-0.25, -0.2) is 4.79 Å². The van der Waals surface area contributed by atoms with Gasteiger partial charge in [-0.3, -0.25) is 0 Å². The van der Waals surface area contributed by atoms with Crippen molar-refractivity contribution in [3.05, 3.63) is 41.7 Å². The lowest BCUT2D eigenvalue weighted by atomic mass is 10.1. The van der Waals surface area contributed by atoms with Crippen LogP contribution in [0.4, 0.5) is 0 Å². The van der Waals surface area contributed by atoms with E-state index in [0.717, 1.165) is 10.4 Å². The van der Waals surface area contributed by atoms with E-state index in [9.17, 15) is 4.79 Å². The summed E-state index contributed by atoms with van der Waals surface area (Å²) in [6.07, 6.45) is 1.46. The lowest BCUT2D eigenvalue weighted by molar-refractivity contribution is 0.0697. The maximum Gasteiger partial charge on any atom is 0.335 e. The summed E-state index contributed by atoms with van der Waals surface area (Å²) in [5, 5.41) is 19.7. The third kappa shape index (κ3) is 2.77. The van der Waals surface area contributed by atoms with E-state index in [1.165, 1.54) is 18.5 Å². The maximum absolute atomic E-state index is 10.7. The Morgan fingerprint density at radius 1 is 1.33 bits per heavy atom. The smallest absolute Gasteiger partial charge is 0.335 e. The summed E-state index contributed by atoms with van der Waals surface area (Å²) < 4.78 is -1.36. The molecule has 0 unspecified atom stereocenters. The van der Waals surface area contributed by atoms with Crippen molar-refractivity contribution in [1.29, 1.82) is 0 Å².